The molecule has 2 atom stereocenters. The van der Waals surface area contributed by atoms with Gasteiger partial charge in [-0.15, -0.1) is 0 Å². The van der Waals surface area contributed by atoms with Gasteiger partial charge in [-0.05, 0) is 44.1 Å². The molecule has 0 saturated heterocycles. The maximum absolute atomic E-state index is 10.4. The van der Waals surface area contributed by atoms with E-state index in [1.807, 2.05) is 0 Å². The summed E-state index contributed by atoms with van der Waals surface area (Å²) in [5.74, 6) is 0.417. The summed E-state index contributed by atoms with van der Waals surface area (Å²) in [6.45, 7) is 0. The molecule has 2 unspecified atom stereocenters. The van der Waals surface area contributed by atoms with Crippen molar-refractivity contribution < 1.29 is 5.11 Å². The van der Waals surface area contributed by atoms with Gasteiger partial charge in [0, 0.05) is 12.6 Å². The Kier molecular flexibility index (Phi) is 4.56. The van der Waals surface area contributed by atoms with Gasteiger partial charge in [0.15, 0.2) is 0 Å². The van der Waals surface area contributed by atoms with Gasteiger partial charge in [0.05, 0.1) is 17.8 Å². The van der Waals surface area contributed by atoms with Crippen molar-refractivity contribution in [3.8, 4) is 0 Å². The summed E-state index contributed by atoms with van der Waals surface area (Å²) in [6.07, 6.45) is 16.8. The number of rotatable bonds is 4. The lowest BCUT2D eigenvalue weighted by atomic mass is 9.87. The normalized spacial score (nSPS) is 25.8. The number of aliphatic hydroxyl groups excluding tert-OH is 1. The predicted molar refractivity (Wildman–Crippen MR) is 80.5 cm³/mol. The number of allylic oxidation sites excluding steroid dienone is 2. The third-order valence-electron chi connectivity index (χ3n) is 4.88. The number of nitrogens with zero attached hydrogens (tertiary/aromatic N) is 2. The van der Waals surface area contributed by atoms with Gasteiger partial charge in [-0.25, -0.2) is 0 Å². The van der Waals surface area contributed by atoms with Crippen molar-refractivity contribution in [1.82, 2.24) is 9.78 Å². The van der Waals surface area contributed by atoms with Gasteiger partial charge < -0.3 is 5.11 Å². The molecule has 0 radical (unpaired) electrons. The fourth-order valence-electron chi connectivity index (χ4n) is 3.58. The van der Waals surface area contributed by atoms with Crippen LogP contribution in [0.2, 0.25) is 0 Å². The average molecular weight is 274 g/mol. The molecular formula is C17H26N2O. The van der Waals surface area contributed by atoms with Gasteiger partial charge in [0.2, 0.25) is 0 Å². The Hall–Kier alpha value is -1.09. The molecule has 0 amide bonds. The summed E-state index contributed by atoms with van der Waals surface area (Å²) in [5, 5.41) is 15.1. The van der Waals surface area contributed by atoms with Crippen LogP contribution in [-0.4, -0.2) is 21.0 Å². The van der Waals surface area contributed by atoms with Crippen LogP contribution in [0.5, 0.6) is 0 Å². The molecule has 3 heteroatoms. The van der Waals surface area contributed by atoms with Crippen molar-refractivity contribution in [2.45, 2.75) is 69.9 Å². The maximum Gasteiger partial charge on any atom is 0.0650 e. The molecule has 3 rings (SSSR count). The highest BCUT2D eigenvalue weighted by atomic mass is 16.3. The van der Waals surface area contributed by atoms with E-state index in [0.717, 1.165) is 25.0 Å². The Balaban J connectivity index is 1.57. The maximum atomic E-state index is 10.4. The van der Waals surface area contributed by atoms with Crippen molar-refractivity contribution in [3.05, 3.63) is 30.1 Å². The second-order valence-electron chi connectivity index (χ2n) is 6.39. The molecule has 110 valence electrons. The second kappa shape index (κ2) is 6.57. The molecule has 0 bridgehead atoms. The lowest BCUT2D eigenvalue weighted by molar-refractivity contribution is 0.101. The molecular weight excluding hydrogens is 248 g/mol. The molecule has 0 spiro atoms. The van der Waals surface area contributed by atoms with Crippen LogP contribution in [0.4, 0.5) is 0 Å². The van der Waals surface area contributed by atoms with Crippen molar-refractivity contribution >= 4 is 0 Å². The number of aliphatic hydroxyl groups is 1. The largest absolute Gasteiger partial charge is 0.392 e. The summed E-state index contributed by atoms with van der Waals surface area (Å²) in [4.78, 5) is 0. The fraction of sp³-hybridized carbons (Fsp3) is 0.706. The lowest BCUT2D eigenvalue weighted by Crippen LogP contribution is -2.24. The molecule has 1 fully saturated rings. The number of aromatic nitrogens is 2. The van der Waals surface area contributed by atoms with Crippen LogP contribution in [0.1, 0.15) is 63.1 Å². The minimum absolute atomic E-state index is 0.241. The molecule has 1 saturated carbocycles. The van der Waals surface area contributed by atoms with Crippen LogP contribution in [0.3, 0.4) is 0 Å². The molecule has 3 nitrogen and oxygen atoms in total. The molecule has 1 heterocycles. The van der Waals surface area contributed by atoms with Crippen molar-refractivity contribution in [2.75, 3.05) is 0 Å². The SMILES string of the molecule is OC(Cc1ccn(C2CCCCC2)n1)C1CC=CCC1. The first kappa shape index (κ1) is 13.9. The quantitative estimate of drug-likeness (QED) is 0.851. The van der Waals surface area contributed by atoms with Crippen LogP contribution < -0.4 is 0 Å². The monoisotopic (exact) mass is 274 g/mol. The van der Waals surface area contributed by atoms with E-state index in [2.05, 4.69) is 29.1 Å². The molecule has 1 N–H and O–H groups in total. The minimum Gasteiger partial charge on any atom is -0.392 e. The fourth-order valence-corrected chi connectivity index (χ4v) is 3.58. The van der Waals surface area contributed by atoms with Gasteiger partial charge in [0.1, 0.15) is 0 Å². The Labute approximate surface area is 121 Å². The third-order valence-corrected chi connectivity index (χ3v) is 4.88. The average Bonchev–Trinajstić information content (AvgIpc) is 2.97. The van der Waals surface area contributed by atoms with Crippen LogP contribution in [0.15, 0.2) is 24.4 Å². The Morgan fingerprint density at radius 2 is 2.05 bits per heavy atom. The molecule has 2 aliphatic rings. The van der Waals surface area contributed by atoms with E-state index in [1.54, 1.807) is 0 Å². The summed E-state index contributed by atoms with van der Waals surface area (Å²) in [5.41, 5.74) is 1.05. The van der Waals surface area contributed by atoms with E-state index in [4.69, 9.17) is 5.10 Å². The van der Waals surface area contributed by atoms with Crippen LogP contribution in [-0.2, 0) is 6.42 Å². The second-order valence-corrected chi connectivity index (χ2v) is 6.39. The molecule has 1 aromatic rings. The topological polar surface area (TPSA) is 38.0 Å². The van der Waals surface area contributed by atoms with E-state index < -0.39 is 0 Å². The van der Waals surface area contributed by atoms with Gasteiger partial charge in [0.25, 0.3) is 0 Å². The van der Waals surface area contributed by atoms with Crippen molar-refractivity contribution in [3.63, 3.8) is 0 Å². The molecule has 2 aliphatic carbocycles. The van der Waals surface area contributed by atoms with Gasteiger partial charge in [-0.3, -0.25) is 4.68 Å². The summed E-state index contributed by atoms with van der Waals surface area (Å²) >= 11 is 0. The van der Waals surface area contributed by atoms with Crippen molar-refractivity contribution in [1.29, 1.82) is 0 Å². The zero-order chi connectivity index (χ0) is 13.8. The van der Waals surface area contributed by atoms with E-state index in [-0.39, 0.29) is 6.10 Å². The Morgan fingerprint density at radius 3 is 2.80 bits per heavy atom. The summed E-state index contributed by atoms with van der Waals surface area (Å²) in [7, 11) is 0. The Bertz CT molecular complexity index is 446. The predicted octanol–water partition coefficient (Wildman–Crippen LogP) is 3.65. The smallest absolute Gasteiger partial charge is 0.0650 e. The summed E-state index contributed by atoms with van der Waals surface area (Å²) in [6, 6.07) is 2.68. The van der Waals surface area contributed by atoms with E-state index in [0.29, 0.717) is 18.4 Å². The number of hydrogen-bond acceptors (Lipinski definition) is 2. The minimum atomic E-state index is -0.241. The summed E-state index contributed by atoms with van der Waals surface area (Å²) < 4.78 is 2.14. The van der Waals surface area contributed by atoms with Crippen LogP contribution in [0.25, 0.3) is 0 Å². The number of hydrogen-bond donors (Lipinski definition) is 1. The highest BCUT2D eigenvalue weighted by Crippen LogP contribution is 2.28. The highest BCUT2D eigenvalue weighted by molar-refractivity contribution is 5.03. The molecule has 20 heavy (non-hydrogen) atoms. The van der Waals surface area contributed by atoms with Gasteiger partial charge >= 0.3 is 0 Å². The van der Waals surface area contributed by atoms with Gasteiger partial charge in [-0.1, -0.05) is 31.4 Å². The van der Waals surface area contributed by atoms with E-state index in [9.17, 15) is 5.11 Å². The molecule has 1 aromatic heterocycles. The standard InChI is InChI=1S/C17H26N2O/c20-17(14-7-3-1-4-8-14)13-15-11-12-19(18-15)16-9-5-2-6-10-16/h1,3,11-12,14,16-17,20H,2,4-10,13H2. The lowest BCUT2D eigenvalue weighted by Gasteiger charge is -2.23. The first-order valence-corrected chi connectivity index (χ1v) is 8.20. The van der Waals surface area contributed by atoms with Gasteiger partial charge in [-0.2, -0.15) is 5.10 Å². The zero-order valence-corrected chi connectivity index (χ0v) is 12.2. The van der Waals surface area contributed by atoms with E-state index in [1.165, 1.54) is 32.1 Å². The van der Waals surface area contributed by atoms with Crippen LogP contribution >= 0.6 is 0 Å². The van der Waals surface area contributed by atoms with E-state index >= 15 is 0 Å². The van der Waals surface area contributed by atoms with Crippen LogP contribution in [0, 0.1) is 5.92 Å². The highest BCUT2D eigenvalue weighted by Gasteiger charge is 2.21. The third kappa shape index (κ3) is 3.32. The molecule has 0 aromatic carbocycles. The Morgan fingerprint density at radius 1 is 1.20 bits per heavy atom. The first-order chi connectivity index (χ1) is 9.83. The first-order valence-electron chi connectivity index (χ1n) is 8.20. The zero-order valence-electron chi connectivity index (χ0n) is 12.2. The molecule has 0 aliphatic heterocycles. The van der Waals surface area contributed by atoms with Crippen molar-refractivity contribution in [2.24, 2.45) is 5.92 Å².